The first-order valence-electron chi connectivity index (χ1n) is 12.0. The highest BCUT2D eigenvalue weighted by Gasteiger charge is 2.34. The summed E-state index contributed by atoms with van der Waals surface area (Å²) in [6.45, 7) is 7.87. The molecule has 1 aromatic carbocycles. The summed E-state index contributed by atoms with van der Waals surface area (Å²) >= 11 is 0. The Morgan fingerprint density at radius 1 is 1.36 bits per heavy atom. The Labute approximate surface area is 211 Å². The van der Waals surface area contributed by atoms with Crippen LogP contribution in [0.1, 0.15) is 43.6 Å². The summed E-state index contributed by atoms with van der Waals surface area (Å²) in [5.41, 5.74) is 0.917. The molecule has 0 radical (unpaired) electrons. The maximum absolute atomic E-state index is 14.0. The molecule has 1 aliphatic heterocycles. The van der Waals surface area contributed by atoms with Crippen molar-refractivity contribution in [3.63, 3.8) is 0 Å². The third-order valence-corrected chi connectivity index (χ3v) is 5.94. The normalized spacial score (nSPS) is 18.2. The highest BCUT2D eigenvalue weighted by molar-refractivity contribution is 5.97. The van der Waals surface area contributed by atoms with Crippen molar-refractivity contribution in [1.82, 2.24) is 14.8 Å². The van der Waals surface area contributed by atoms with Gasteiger partial charge in [0.25, 0.3) is 5.91 Å². The number of hydrogen-bond donors (Lipinski definition) is 2. The second kappa shape index (κ2) is 11.9. The number of pyridine rings is 1. The predicted molar refractivity (Wildman–Crippen MR) is 135 cm³/mol. The first-order valence-corrected chi connectivity index (χ1v) is 12.0. The lowest BCUT2D eigenvalue weighted by atomic mass is 10.00. The number of benzene rings is 1. The van der Waals surface area contributed by atoms with Gasteiger partial charge in [-0.05, 0) is 25.1 Å². The zero-order valence-electron chi connectivity index (χ0n) is 21.3. The molecule has 0 saturated heterocycles. The number of halogens is 1. The van der Waals surface area contributed by atoms with Crippen LogP contribution in [0.2, 0.25) is 0 Å². The van der Waals surface area contributed by atoms with Crippen LogP contribution in [0, 0.1) is 29.5 Å². The van der Waals surface area contributed by atoms with Crippen molar-refractivity contribution in [2.75, 3.05) is 32.1 Å². The van der Waals surface area contributed by atoms with E-state index in [1.54, 1.807) is 43.3 Å². The minimum atomic E-state index is -0.531. The Hall–Kier alpha value is -3.64. The van der Waals surface area contributed by atoms with Crippen LogP contribution in [0.5, 0.6) is 5.88 Å². The maximum Gasteiger partial charge on any atom is 0.321 e. The van der Waals surface area contributed by atoms with Crippen LogP contribution >= 0.6 is 0 Å². The van der Waals surface area contributed by atoms with Gasteiger partial charge in [0.1, 0.15) is 17.5 Å². The topological polar surface area (TPSA) is 95.0 Å². The molecular formula is C27H33FN4O4. The Kier molecular flexibility index (Phi) is 8.88. The summed E-state index contributed by atoms with van der Waals surface area (Å²) in [4.78, 5) is 33.6. The zero-order valence-corrected chi connectivity index (χ0v) is 21.3. The summed E-state index contributed by atoms with van der Waals surface area (Å²) < 4.78 is 20.2. The molecule has 36 heavy (non-hydrogen) atoms. The van der Waals surface area contributed by atoms with Gasteiger partial charge in [-0.2, -0.15) is 0 Å². The number of nitrogens with one attached hydrogen (secondary N) is 1. The minimum Gasteiger partial charge on any atom is -0.472 e. The van der Waals surface area contributed by atoms with E-state index in [2.05, 4.69) is 22.1 Å². The van der Waals surface area contributed by atoms with Gasteiger partial charge in [-0.15, -0.1) is 0 Å². The Balaban J connectivity index is 1.89. The van der Waals surface area contributed by atoms with Crippen molar-refractivity contribution in [3.05, 3.63) is 53.5 Å². The van der Waals surface area contributed by atoms with E-state index in [-0.39, 0.29) is 48.0 Å². The van der Waals surface area contributed by atoms with Gasteiger partial charge in [0.15, 0.2) is 0 Å². The lowest BCUT2D eigenvalue weighted by molar-refractivity contribution is 0.0356. The van der Waals surface area contributed by atoms with Gasteiger partial charge in [-0.1, -0.05) is 44.7 Å². The maximum atomic E-state index is 14.0. The molecule has 0 aliphatic carbocycles. The van der Waals surface area contributed by atoms with Crippen molar-refractivity contribution in [2.45, 2.75) is 39.8 Å². The number of fused-ring (bicyclic) bond motifs is 1. The van der Waals surface area contributed by atoms with Gasteiger partial charge in [-0.3, -0.25) is 4.79 Å². The minimum absolute atomic E-state index is 0.0802. The lowest BCUT2D eigenvalue weighted by Gasteiger charge is -2.37. The number of nitrogens with zero attached hydrogens (tertiary/aromatic N) is 3. The number of ether oxygens (including phenoxy) is 1. The van der Waals surface area contributed by atoms with Crippen LogP contribution in [0.4, 0.5) is 14.9 Å². The van der Waals surface area contributed by atoms with Gasteiger partial charge in [-0.25, -0.2) is 14.2 Å². The van der Waals surface area contributed by atoms with E-state index in [0.717, 1.165) is 0 Å². The molecule has 0 unspecified atom stereocenters. The summed E-state index contributed by atoms with van der Waals surface area (Å²) in [6, 6.07) is 6.65. The van der Waals surface area contributed by atoms with Gasteiger partial charge < -0.3 is 25.0 Å². The Morgan fingerprint density at radius 2 is 2.08 bits per heavy atom. The molecule has 2 aromatic rings. The van der Waals surface area contributed by atoms with E-state index >= 15 is 0 Å². The molecule has 2 heterocycles. The van der Waals surface area contributed by atoms with Gasteiger partial charge in [0.2, 0.25) is 5.88 Å². The summed E-state index contributed by atoms with van der Waals surface area (Å²) in [6.07, 6.45) is 1.03. The molecule has 8 nitrogen and oxygen atoms in total. The van der Waals surface area contributed by atoms with Crippen molar-refractivity contribution in [2.24, 2.45) is 11.8 Å². The monoisotopic (exact) mass is 496 g/mol. The molecule has 3 amide bonds. The zero-order chi connectivity index (χ0) is 26.4. The van der Waals surface area contributed by atoms with E-state index in [4.69, 9.17) is 4.74 Å². The molecule has 3 rings (SSSR count). The fraction of sp³-hybridized carbons (Fsp3) is 0.444. The molecular weight excluding hydrogens is 463 g/mol. The fourth-order valence-corrected chi connectivity index (χ4v) is 3.74. The van der Waals surface area contributed by atoms with E-state index in [0.29, 0.717) is 12.1 Å². The number of para-hydroxylation sites is 1. The first kappa shape index (κ1) is 27.0. The Morgan fingerprint density at radius 3 is 2.75 bits per heavy atom. The quantitative estimate of drug-likeness (QED) is 0.617. The van der Waals surface area contributed by atoms with Crippen molar-refractivity contribution < 1.29 is 23.8 Å². The molecule has 1 aromatic heterocycles. The number of likely N-dealkylation sites (N-methyl/N-ethyl adjacent to an activating group) is 1. The van der Waals surface area contributed by atoms with Gasteiger partial charge in [0.05, 0.1) is 24.9 Å². The van der Waals surface area contributed by atoms with Crippen molar-refractivity contribution in [3.8, 4) is 17.7 Å². The van der Waals surface area contributed by atoms with Crippen LogP contribution in [0.15, 0.2) is 36.5 Å². The standard InChI is InChI=1S/C27H33FN4O4/c1-17(2)10-11-20-12-21-25(29-13-20)36-24(18(3)14-32(26(21)34)19(4)16-33)15-31(5)27(35)30-23-9-7-6-8-22(23)28/h6-9,12-13,17-19,24,33H,14-16H2,1-5H3,(H,30,35)/t18-,19+,24+/m0/s1. The summed E-state index contributed by atoms with van der Waals surface area (Å²) in [5.74, 6) is 5.34. The second-order valence-electron chi connectivity index (χ2n) is 9.41. The van der Waals surface area contributed by atoms with Crippen LogP contribution in [0.25, 0.3) is 0 Å². The average Bonchev–Trinajstić information content (AvgIpc) is 2.85. The highest BCUT2D eigenvalue weighted by Crippen LogP contribution is 2.27. The molecule has 0 saturated carbocycles. The first-order chi connectivity index (χ1) is 17.1. The number of anilines is 1. The lowest BCUT2D eigenvalue weighted by Crippen LogP contribution is -2.50. The largest absolute Gasteiger partial charge is 0.472 e. The number of carbonyl (C=O) groups excluding carboxylic acids is 2. The SMILES string of the molecule is CC(C)C#Cc1cnc2c(c1)C(=O)N([C@H](C)CO)C[C@H](C)[C@@H](CN(C)C(=O)Nc1ccccc1F)O2. The molecule has 1 aliphatic rings. The van der Waals surface area contributed by atoms with Gasteiger partial charge >= 0.3 is 6.03 Å². The molecule has 0 fully saturated rings. The molecule has 192 valence electrons. The van der Waals surface area contributed by atoms with Gasteiger partial charge in [0, 0.05) is 37.2 Å². The number of aromatic nitrogens is 1. The van der Waals surface area contributed by atoms with E-state index in [9.17, 15) is 19.1 Å². The molecule has 2 N–H and O–H groups in total. The van der Waals surface area contributed by atoms with Crippen LogP contribution in [-0.4, -0.2) is 70.7 Å². The molecule has 3 atom stereocenters. The summed E-state index contributed by atoms with van der Waals surface area (Å²) in [7, 11) is 1.59. The molecule has 0 spiro atoms. The predicted octanol–water partition coefficient (Wildman–Crippen LogP) is 3.61. The molecule has 9 heteroatoms. The summed E-state index contributed by atoms with van der Waals surface area (Å²) in [5, 5.41) is 12.4. The van der Waals surface area contributed by atoms with Crippen molar-refractivity contribution >= 4 is 17.6 Å². The fourth-order valence-electron chi connectivity index (χ4n) is 3.74. The number of aliphatic hydroxyl groups excluding tert-OH is 1. The van der Waals surface area contributed by atoms with E-state index < -0.39 is 24.0 Å². The number of hydrogen-bond acceptors (Lipinski definition) is 5. The number of amides is 3. The van der Waals surface area contributed by atoms with Crippen LogP contribution in [0.3, 0.4) is 0 Å². The number of urea groups is 1. The smallest absolute Gasteiger partial charge is 0.321 e. The number of carbonyl (C=O) groups is 2. The third-order valence-electron chi connectivity index (χ3n) is 5.94. The number of aliphatic hydroxyl groups is 1. The Bertz CT molecular complexity index is 1160. The van der Waals surface area contributed by atoms with Crippen molar-refractivity contribution in [1.29, 1.82) is 0 Å². The van der Waals surface area contributed by atoms with E-state index in [1.807, 2.05) is 20.8 Å². The van der Waals surface area contributed by atoms with Crippen LogP contribution in [-0.2, 0) is 0 Å². The highest BCUT2D eigenvalue weighted by atomic mass is 19.1. The van der Waals surface area contributed by atoms with Crippen LogP contribution < -0.4 is 10.1 Å². The van der Waals surface area contributed by atoms with E-state index in [1.165, 1.54) is 17.0 Å². The third kappa shape index (κ3) is 6.52. The average molecular weight is 497 g/mol. The molecule has 0 bridgehead atoms. The number of rotatable bonds is 5. The second-order valence-corrected chi connectivity index (χ2v) is 9.41.